The Bertz CT molecular complexity index is 132. The Morgan fingerprint density at radius 1 is 1.42 bits per heavy atom. The monoisotopic (exact) mass is 171 g/mol. The minimum Gasteiger partial charge on any atom is -0.396 e. The molecule has 0 heterocycles. The van der Waals surface area contributed by atoms with Crippen LogP contribution in [0.3, 0.4) is 0 Å². The molecule has 3 N–H and O–H groups in total. The van der Waals surface area contributed by atoms with Crippen LogP contribution in [0.4, 0.5) is 0 Å². The molecule has 1 aliphatic carbocycles. The Hall–Kier alpha value is -0.0800. The molecule has 1 rings (SSSR count). The van der Waals surface area contributed by atoms with Crippen molar-refractivity contribution in [3.63, 3.8) is 0 Å². The molecule has 0 amide bonds. The van der Waals surface area contributed by atoms with Gasteiger partial charge in [-0.1, -0.05) is 19.8 Å². The second kappa shape index (κ2) is 4.24. The fourth-order valence-corrected chi connectivity index (χ4v) is 2.35. The quantitative estimate of drug-likeness (QED) is 0.673. The molecule has 0 aromatic carbocycles. The van der Waals surface area contributed by atoms with Gasteiger partial charge in [0.2, 0.25) is 0 Å². The number of hydrogen-bond donors (Lipinski definition) is 2. The topological polar surface area (TPSA) is 46.2 Å². The van der Waals surface area contributed by atoms with Gasteiger partial charge in [-0.2, -0.15) is 0 Å². The van der Waals surface area contributed by atoms with Gasteiger partial charge < -0.3 is 10.8 Å². The molecule has 1 aliphatic rings. The van der Waals surface area contributed by atoms with Gasteiger partial charge in [0.15, 0.2) is 0 Å². The zero-order chi connectivity index (χ0) is 9.03. The summed E-state index contributed by atoms with van der Waals surface area (Å²) in [5.41, 5.74) is 5.96. The van der Waals surface area contributed by atoms with Crippen molar-refractivity contribution in [3.8, 4) is 0 Å². The van der Waals surface area contributed by atoms with Gasteiger partial charge in [-0.25, -0.2) is 0 Å². The van der Waals surface area contributed by atoms with Gasteiger partial charge in [-0.15, -0.1) is 0 Å². The fraction of sp³-hybridized carbons (Fsp3) is 1.00. The first kappa shape index (κ1) is 10.0. The summed E-state index contributed by atoms with van der Waals surface area (Å²) in [6.45, 7) is 3.22. The van der Waals surface area contributed by atoms with Crippen molar-refractivity contribution < 1.29 is 5.11 Å². The molecular formula is C10H21NO. The smallest absolute Gasteiger partial charge is 0.0436 e. The van der Waals surface area contributed by atoms with Gasteiger partial charge in [-0.05, 0) is 37.1 Å². The molecule has 1 fully saturated rings. The summed E-state index contributed by atoms with van der Waals surface area (Å²) in [5, 5.41) is 8.94. The van der Waals surface area contributed by atoms with Crippen molar-refractivity contribution in [2.45, 2.75) is 39.0 Å². The Labute approximate surface area is 75.2 Å². The minimum absolute atomic E-state index is 0.200. The molecule has 0 bridgehead atoms. The summed E-state index contributed by atoms with van der Waals surface area (Å²) in [6.07, 6.45) is 6.20. The summed E-state index contributed by atoms with van der Waals surface area (Å²) in [5.74, 6) is 0.759. The normalized spacial score (nSPS) is 24.2. The molecule has 1 atom stereocenters. The van der Waals surface area contributed by atoms with E-state index in [-0.39, 0.29) is 12.0 Å². The van der Waals surface area contributed by atoms with Crippen molar-refractivity contribution in [1.82, 2.24) is 0 Å². The van der Waals surface area contributed by atoms with Gasteiger partial charge in [0.05, 0.1) is 0 Å². The van der Waals surface area contributed by atoms with Crippen LogP contribution in [-0.4, -0.2) is 18.3 Å². The van der Waals surface area contributed by atoms with Crippen LogP contribution in [0, 0.1) is 11.3 Å². The van der Waals surface area contributed by atoms with Crippen LogP contribution in [-0.2, 0) is 0 Å². The maximum Gasteiger partial charge on any atom is 0.0436 e. The lowest BCUT2D eigenvalue weighted by atomic mass is 9.74. The van der Waals surface area contributed by atoms with E-state index < -0.39 is 0 Å². The van der Waals surface area contributed by atoms with Gasteiger partial charge in [0.25, 0.3) is 0 Å². The van der Waals surface area contributed by atoms with Crippen molar-refractivity contribution in [2.24, 2.45) is 17.1 Å². The van der Waals surface area contributed by atoms with Gasteiger partial charge >= 0.3 is 0 Å². The number of nitrogens with two attached hydrogens (primary N) is 1. The van der Waals surface area contributed by atoms with Crippen molar-refractivity contribution in [3.05, 3.63) is 0 Å². The molecule has 2 nitrogen and oxygen atoms in total. The van der Waals surface area contributed by atoms with Crippen LogP contribution in [0.2, 0.25) is 0 Å². The summed E-state index contributed by atoms with van der Waals surface area (Å²) in [6, 6.07) is 0. The Morgan fingerprint density at radius 3 is 2.42 bits per heavy atom. The minimum atomic E-state index is 0.200. The van der Waals surface area contributed by atoms with E-state index in [1.54, 1.807) is 0 Å². The number of rotatable bonds is 4. The Morgan fingerprint density at radius 2 is 2.00 bits per heavy atom. The van der Waals surface area contributed by atoms with Crippen molar-refractivity contribution in [1.29, 1.82) is 0 Å². The molecule has 72 valence electrons. The van der Waals surface area contributed by atoms with E-state index in [2.05, 4.69) is 6.92 Å². The first-order valence-electron chi connectivity index (χ1n) is 5.04. The zero-order valence-electron chi connectivity index (χ0n) is 8.05. The Kier molecular flexibility index (Phi) is 3.53. The van der Waals surface area contributed by atoms with E-state index in [0.29, 0.717) is 0 Å². The second-order valence-electron chi connectivity index (χ2n) is 4.31. The summed E-state index contributed by atoms with van der Waals surface area (Å²) in [4.78, 5) is 0. The molecule has 1 saturated carbocycles. The number of aliphatic hydroxyl groups is 1. The number of aliphatic hydroxyl groups excluding tert-OH is 1. The zero-order valence-corrected chi connectivity index (χ0v) is 8.05. The first-order chi connectivity index (χ1) is 5.73. The lowest BCUT2D eigenvalue weighted by Gasteiger charge is -2.33. The van der Waals surface area contributed by atoms with Crippen molar-refractivity contribution >= 4 is 0 Å². The SMILES string of the molecule is CC(CN)(CCO)C1CCCC1. The maximum atomic E-state index is 8.94. The third-order valence-electron chi connectivity index (χ3n) is 3.49. The highest BCUT2D eigenvalue weighted by molar-refractivity contribution is 4.86. The van der Waals surface area contributed by atoms with E-state index in [4.69, 9.17) is 10.8 Å². The van der Waals surface area contributed by atoms with Crippen LogP contribution in [0.1, 0.15) is 39.0 Å². The average Bonchev–Trinajstić information content (AvgIpc) is 2.57. The molecule has 1 unspecified atom stereocenters. The van der Waals surface area contributed by atoms with Gasteiger partial charge in [0, 0.05) is 6.61 Å². The van der Waals surface area contributed by atoms with E-state index >= 15 is 0 Å². The van der Waals surface area contributed by atoms with Crippen LogP contribution in [0.25, 0.3) is 0 Å². The standard InChI is InChI=1S/C10H21NO/c1-10(8-11,6-7-12)9-4-2-3-5-9/h9,12H,2-8,11H2,1H3. The molecule has 0 aliphatic heterocycles. The van der Waals surface area contributed by atoms with E-state index in [1.165, 1.54) is 25.7 Å². The largest absolute Gasteiger partial charge is 0.396 e. The highest BCUT2D eigenvalue weighted by Crippen LogP contribution is 2.41. The van der Waals surface area contributed by atoms with E-state index in [0.717, 1.165) is 18.9 Å². The number of hydrogen-bond acceptors (Lipinski definition) is 2. The fourth-order valence-electron chi connectivity index (χ4n) is 2.35. The highest BCUT2D eigenvalue weighted by Gasteiger charge is 2.33. The van der Waals surface area contributed by atoms with Crippen LogP contribution >= 0.6 is 0 Å². The molecule has 0 spiro atoms. The molecule has 0 saturated heterocycles. The van der Waals surface area contributed by atoms with E-state index in [1.807, 2.05) is 0 Å². The summed E-state index contributed by atoms with van der Waals surface area (Å²) in [7, 11) is 0. The Balaban J connectivity index is 2.51. The highest BCUT2D eigenvalue weighted by atomic mass is 16.3. The third kappa shape index (κ3) is 1.99. The predicted molar refractivity (Wildman–Crippen MR) is 50.8 cm³/mol. The molecular weight excluding hydrogens is 150 g/mol. The molecule has 0 radical (unpaired) electrons. The molecule has 12 heavy (non-hydrogen) atoms. The molecule has 0 aromatic heterocycles. The van der Waals surface area contributed by atoms with Crippen LogP contribution in [0.5, 0.6) is 0 Å². The van der Waals surface area contributed by atoms with Gasteiger partial charge in [-0.3, -0.25) is 0 Å². The summed E-state index contributed by atoms with van der Waals surface area (Å²) < 4.78 is 0. The van der Waals surface area contributed by atoms with Crippen LogP contribution in [0.15, 0.2) is 0 Å². The molecule has 2 heteroatoms. The second-order valence-corrected chi connectivity index (χ2v) is 4.31. The van der Waals surface area contributed by atoms with E-state index in [9.17, 15) is 0 Å². The lowest BCUT2D eigenvalue weighted by molar-refractivity contribution is 0.136. The maximum absolute atomic E-state index is 8.94. The van der Waals surface area contributed by atoms with Gasteiger partial charge in [0.1, 0.15) is 0 Å². The predicted octanol–water partition coefficient (Wildman–Crippen LogP) is 1.52. The molecule has 0 aromatic rings. The van der Waals surface area contributed by atoms with Crippen LogP contribution < -0.4 is 5.73 Å². The van der Waals surface area contributed by atoms with Crippen molar-refractivity contribution in [2.75, 3.05) is 13.2 Å². The lowest BCUT2D eigenvalue weighted by Crippen LogP contribution is -2.35. The average molecular weight is 171 g/mol. The third-order valence-corrected chi connectivity index (χ3v) is 3.49. The first-order valence-corrected chi connectivity index (χ1v) is 5.04. The summed E-state index contributed by atoms with van der Waals surface area (Å²) >= 11 is 0.